The Morgan fingerprint density at radius 2 is 1.56 bits per heavy atom. The number of allylic oxidation sites excluding steroid dienone is 2. The first-order valence-electron chi connectivity index (χ1n) is 19.6. The van der Waals surface area contributed by atoms with Crippen LogP contribution in [-0.4, -0.2) is 4.57 Å². The second-order valence-electron chi connectivity index (χ2n) is 16.0. The molecule has 0 fully saturated rings. The SMILES string of the molecule is CCC(C)/C(=C\c1ccccc1C)c1ccc2c(c1)c1cc(-c3ccccc3)ccc1n2-c1ccc2c(c1)C(C)(C)c1ccc3c4c(oc3c1-2)C=CCC4. The minimum absolute atomic E-state index is 0.171. The molecule has 10 rings (SSSR count). The van der Waals surface area contributed by atoms with Crippen molar-refractivity contribution < 1.29 is 4.42 Å². The number of furan rings is 1. The molecule has 0 saturated heterocycles. The molecule has 2 heteroatoms. The summed E-state index contributed by atoms with van der Waals surface area (Å²) in [7, 11) is 0. The zero-order valence-electron chi connectivity index (χ0n) is 31.8. The molecule has 1 unspecified atom stereocenters. The maximum atomic E-state index is 6.65. The number of fused-ring (bicyclic) bond motifs is 10. The molecule has 2 heterocycles. The summed E-state index contributed by atoms with van der Waals surface area (Å²) in [5.74, 6) is 1.44. The minimum atomic E-state index is -0.171. The Hall–Kier alpha value is -5.86. The van der Waals surface area contributed by atoms with Gasteiger partial charge in [0.15, 0.2) is 0 Å². The van der Waals surface area contributed by atoms with E-state index >= 15 is 0 Å². The normalized spacial score (nSPS) is 15.2. The highest BCUT2D eigenvalue weighted by Gasteiger charge is 2.38. The van der Waals surface area contributed by atoms with Gasteiger partial charge in [0.05, 0.1) is 11.0 Å². The molecule has 2 aliphatic rings. The fraction of sp³-hybridized carbons (Fsp3) is 0.192. The highest BCUT2D eigenvalue weighted by Crippen LogP contribution is 2.53. The number of hydrogen-bond donors (Lipinski definition) is 0. The van der Waals surface area contributed by atoms with Crippen molar-refractivity contribution in [2.75, 3.05) is 0 Å². The molecule has 0 radical (unpaired) electrons. The summed E-state index contributed by atoms with van der Waals surface area (Å²) in [6.45, 7) is 11.6. The van der Waals surface area contributed by atoms with Crippen LogP contribution in [0.3, 0.4) is 0 Å². The van der Waals surface area contributed by atoms with Crippen LogP contribution in [0.5, 0.6) is 0 Å². The van der Waals surface area contributed by atoms with E-state index in [9.17, 15) is 0 Å². The number of nitrogens with zero attached hydrogens (tertiary/aromatic N) is 1. The monoisotopic (exact) mass is 699 g/mol. The molecular weight excluding hydrogens is 655 g/mol. The zero-order chi connectivity index (χ0) is 36.7. The Morgan fingerprint density at radius 3 is 2.37 bits per heavy atom. The molecule has 1 atom stereocenters. The predicted octanol–water partition coefficient (Wildman–Crippen LogP) is 14.4. The number of benzene rings is 6. The lowest BCUT2D eigenvalue weighted by atomic mass is 9.82. The first kappa shape index (κ1) is 32.8. The van der Waals surface area contributed by atoms with Crippen molar-refractivity contribution >= 4 is 50.5 Å². The number of hydrogen-bond acceptors (Lipinski definition) is 1. The van der Waals surface area contributed by atoms with Crippen molar-refractivity contribution in [2.24, 2.45) is 5.92 Å². The van der Waals surface area contributed by atoms with Crippen LogP contribution >= 0.6 is 0 Å². The van der Waals surface area contributed by atoms with Gasteiger partial charge in [-0.15, -0.1) is 0 Å². The Kier molecular flexibility index (Phi) is 7.49. The van der Waals surface area contributed by atoms with Gasteiger partial charge >= 0.3 is 0 Å². The first-order chi connectivity index (χ1) is 26.3. The van der Waals surface area contributed by atoms with Gasteiger partial charge in [0.25, 0.3) is 0 Å². The fourth-order valence-corrected chi connectivity index (χ4v) is 9.32. The van der Waals surface area contributed by atoms with Crippen LogP contribution < -0.4 is 0 Å². The van der Waals surface area contributed by atoms with Crippen molar-refractivity contribution in [3.8, 4) is 27.9 Å². The first-order valence-corrected chi connectivity index (χ1v) is 19.6. The van der Waals surface area contributed by atoms with E-state index in [0.29, 0.717) is 5.92 Å². The molecule has 0 spiro atoms. The smallest absolute Gasteiger partial charge is 0.143 e. The summed E-state index contributed by atoms with van der Waals surface area (Å²) >= 11 is 0. The number of rotatable bonds is 6. The Bertz CT molecular complexity index is 2850. The van der Waals surface area contributed by atoms with Gasteiger partial charge in [0, 0.05) is 38.4 Å². The molecule has 0 saturated carbocycles. The van der Waals surface area contributed by atoms with Crippen LogP contribution in [-0.2, 0) is 11.8 Å². The van der Waals surface area contributed by atoms with Gasteiger partial charge in [0.2, 0.25) is 0 Å². The highest BCUT2D eigenvalue weighted by atomic mass is 16.3. The maximum absolute atomic E-state index is 6.65. The zero-order valence-corrected chi connectivity index (χ0v) is 31.8. The highest BCUT2D eigenvalue weighted by molar-refractivity contribution is 6.12. The van der Waals surface area contributed by atoms with E-state index in [1.165, 1.54) is 94.1 Å². The average molecular weight is 700 g/mol. The van der Waals surface area contributed by atoms with Crippen LogP contribution in [0.4, 0.5) is 0 Å². The minimum Gasteiger partial charge on any atom is -0.456 e. The molecule has 0 amide bonds. The molecule has 2 aromatic heterocycles. The van der Waals surface area contributed by atoms with Gasteiger partial charge in [-0.25, -0.2) is 0 Å². The van der Waals surface area contributed by atoms with Gasteiger partial charge in [0.1, 0.15) is 11.3 Å². The van der Waals surface area contributed by atoms with Crippen molar-refractivity contribution in [1.82, 2.24) is 4.57 Å². The second-order valence-corrected chi connectivity index (χ2v) is 16.0. The van der Waals surface area contributed by atoms with Crippen molar-refractivity contribution in [2.45, 2.75) is 59.3 Å². The van der Waals surface area contributed by atoms with Crippen LogP contribution in [0, 0.1) is 12.8 Å². The lowest BCUT2D eigenvalue weighted by Crippen LogP contribution is -2.15. The van der Waals surface area contributed by atoms with Gasteiger partial charge < -0.3 is 8.98 Å². The van der Waals surface area contributed by atoms with Crippen molar-refractivity contribution in [3.63, 3.8) is 0 Å². The van der Waals surface area contributed by atoms with E-state index in [2.05, 4.69) is 179 Å². The average Bonchev–Trinajstić information content (AvgIpc) is 3.82. The number of aryl methyl sites for hydroxylation is 2. The van der Waals surface area contributed by atoms with Gasteiger partial charge in [-0.3, -0.25) is 0 Å². The number of aromatic nitrogens is 1. The molecular formula is C52H45NO. The molecule has 8 aromatic rings. The molecule has 54 heavy (non-hydrogen) atoms. The summed E-state index contributed by atoms with van der Waals surface area (Å²) in [6, 6.07) is 45.5. The molecule has 2 nitrogen and oxygen atoms in total. The summed E-state index contributed by atoms with van der Waals surface area (Å²) in [5.41, 5.74) is 18.8. The largest absolute Gasteiger partial charge is 0.456 e. The second kappa shape index (κ2) is 12.4. The third-order valence-corrected chi connectivity index (χ3v) is 12.5. The standard InChI is InChI=1S/C52H45NO/c1-6-32(2)42(28-35-17-11-10-14-33(35)3)37-21-27-48-44(30-37)43-29-36(34-15-8-7-9-16-34)20-26-47(43)53(48)38-22-23-41-46(31-38)52(4,5)45-25-24-40-39-18-12-13-19-49(39)54-51(40)50(41)45/h7-11,13-17,19-32H,6,12,18H2,1-5H3/b42-28+. The van der Waals surface area contributed by atoms with Crippen molar-refractivity contribution in [1.29, 1.82) is 0 Å². The third kappa shape index (κ3) is 4.93. The van der Waals surface area contributed by atoms with Crippen LogP contribution in [0.1, 0.15) is 79.7 Å². The van der Waals surface area contributed by atoms with E-state index in [1.54, 1.807) is 0 Å². The van der Waals surface area contributed by atoms with Crippen LogP contribution in [0.15, 0.2) is 132 Å². The van der Waals surface area contributed by atoms with Crippen LogP contribution in [0.25, 0.3) is 78.4 Å². The lowest BCUT2D eigenvalue weighted by Gasteiger charge is -2.22. The summed E-state index contributed by atoms with van der Waals surface area (Å²) in [6.07, 6.45) is 10.00. The Morgan fingerprint density at radius 1 is 0.778 bits per heavy atom. The Labute approximate surface area is 318 Å². The topological polar surface area (TPSA) is 18.1 Å². The van der Waals surface area contributed by atoms with E-state index in [4.69, 9.17) is 4.42 Å². The molecule has 0 aliphatic heterocycles. The van der Waals surface area contributed by atoms with E-state index < -0.39 is 0 Å². The summed E-state index contributed by atoms with van der Waals surface area (Å²) in [4.78, 5) is 0. The maximum Gasteiger partial charge on any atom is 0.143 e. The predicted molar refractivity (Wildman–Crippen MR) is 229 cm³/mol. The van der Waals surface area contributed by atoms with Crippen molar-refractivity contribution in [3.05, 3.63) is 167 Å². The third-order valence-electron chi connectivity index (χ3n) is 12.5. The van der Waals surface area contributed by atoms with Gasteiger partial charge in [-0.1, -0.05) is 125 Å². The molecule has 0 N–H and O–H groups in total. The van der Waals surface area contributed by atoms with E-state index in [0.717, 1.165) is 30.6 Å². The quantitative estimate of drug-likeness (QED) is 0.158. The lowest BCUT2D eigenvalue weighted by molar-refractivity contribution is 0.595. The molecule has 0 bridgehead atoms. The van der Waals surface area contributed by atoms with Crippen LogP contribution in [0.2, 0.25) is 0 Å². The fourth-order valence-electron chi connectivity index (χ4n) is 9.32. The molecule has 264 valence electrons. The Balaban J connectivity index is 1.19. The van der Waals surface area contributed by atoms with Gasteiger partial charge in [-0.05, 0) is 125 Å². The molecule has 2 aliphatic carbocycles. The summed E-state index contributed by atoms with van der Waals surface area (Å²) < 4.78 is 9.14. The molecule has 6 aromatic carbocycles. The summed E-state index contributed by atoms with van der Waals surface area (Å²) in [5, 5.41) is 3.81. The van der Waals surface area contributed by atoms with Gasteiger partial charge in [-0.2, -0.15) is 0 Å². The van der Waals surface area contributed by atoms with E-state index in [1.807, 2.05) is 0 Å². The van der Waals surface area contributed by atoms with E-state index in [-0.39, 0.29) is 5.41 Å².